The van der Waals surface area contributed by atoms with Gasteiger partial charge in [-0.15, -0.1) is 0 Å². The first-order chi connectivity index (χ1) is 7.31. The number of rotatable bonds is 3. The summed E-state index contributed by atoms with van der Waals surface area (Å²) in [6.45, 7) is 1.95. The number of carbonyl (C=O) groups excluding carboxylic acids is 1. The molecule has 1 N–H and O–H groups in total. The van der Waals surface area contributed by atoms with Crippen molar-refractivity contribution < 1.29 is 9.53 Å². The van der Waals surface area contributed by atoms with Gasteiger partial charge >= 0.3 is 57.4 Å². The van der Waals surface area contributed by atoms with E-state index in [4.69, 9.17) is 4.74 Å². The van der Waals surface area contributed by atoms with Crippen LogP contribution in [-0.4, -0.2) is 62.3 Å². The molecule has 0 aliphatic rings. The molecule has 1 aromatic heterocycles. The standard InChI is InChI=1S/C12H13NO2.K.H/c1-2-5-12(14)15-11-8-13-10-7-4-3-6-9(10)11;;/h3-4,6-8,13H,2,5H2,1H3;;. The Labute approximate surface area is 137 Å². The Hall–Kier alpha value is -0.134. The third-order valence-electron chi connectivity index (χ3n) is 2.23. The molecule has 1 aromatic carbocycles. The van der Waals surface area contributed by atoms with Crippen LogP contribution in [0.3, 0.4) is 0 Å². The van der Waals surface area contributed by atoms with Crippen LogP contribution in [0.4, 0.5) is 0 Å². The zero-order valence-corrected chi connectivity index (χ0v) is 8.62. The third-order valence-corrected chi connectivity index (χ3v) is 2.23. The van der Waals surface area contributed by atoms with Gasteiger partial charge in [-0.25, -0.2) is 0 Å². The molecule has 0 saturated heterocycles. The molecular weight excluding hydrogens is 229 g/mol. The normalized spacial score (nSPS) is 9.81. The van der Waals surface area contributed by atoms with Crippen molar-refractivity contribution in [3.63, 3.8) is 0 Å². The minimum atomic E-state index is -0.178. The predicted molar refractivity (Wildman–Crippen MR) is 66.0 cm³/mol. The van der Waals surface area contributed by atoms with Crippen LogP contribution in [0.5, 0.6) is 5.75 Å². The van der Waals surface area contributed by atoms with Crippen molar-refractivity contribution in [2.75, 3.05) is 0 Å². The van der Waals surface area contributed by atoms with Gasteiger partial charge in [0, 0.05) is 23.5 Å². The summed E-state index contributed by atoms with van der Waals surface area (Å²) in [6, 6.07) is 7.75. The number of hydrogen-bond donors (Lipinski definition) is 1. The van der Waals surface area contributed by atoms with Crippen molar-refractivity contribution >= 4 is 68.3 Å². The van der Waals surface area contributed by atoms with Crippen molar-refractivity contribution in [3.8, 4) is 5.75 Å². The van der Waals surface area contributed by atoms with E-state index in [1.165, 1.54) is 0 Å². The first-order valence-corrected chi connectivity index (χ1v) is 5.08. The minimum absolute atomic E-state index is 0. The van der Waals surface area contributed by atoms with Crippen molar-refractivity contribution in [3.05, 3.63) is 30.5 Å². The zero-order chi connectivity index (χ0) is 10.7. The molecule has 80 valence electrons. The van der Waals surface area contributed by atoms with E-state index in [0.29, 0.717) is 12.2 Å². The summed E-state index contributed by atoms with van der Waals surface area (Å²) in [5.74, 6) is 0.436. The van der Waals surface area contributed by atoms with Crippen LogP contribution in [0.1, 0.15) is 19.8 Å². The number of hydrogen-bond acceptors (Lipinski definition) is 2. The van der Waals surface area contributed by atoms with Gasteiger partial charge in [0.1, 0.15) is 0 Å². The molecule has 2 rings (SSSR count). The Bertz CT molecular complexity index is 479. The summed E-state index contributed by atoms with van der Waals surface area (Å²) < 4.78 is 5.24. The van der Waals surface area contributed by atoms with Gasteiger partial charge in [-0.05, 0) is 18.6 Å². The first kappa shape index (κ1) is 13.9. The maximum absolute atomic E-state index is 11.3. The second kappa shape index (κ2) is 6.57. The molecule has 0 bridgehead atoms. The fourth-order valence-electron chi connectivity index (χ4n) is 1.51. The number of carbonyl (C=O) groups is 1. The van der Waals surface area contributed by atoms with Crippen LogP contribution in [0.15, 0.2) is 30.5 Å². The van der Waals surface area contributed by atoms with Crippen molar-refractivity contribution in [1.82, 2.24) is 4.98 Å². The quantitative estimate of drug-likeness (QED) is 0.663. The third kappa shape index (κ3) is 3.18. The number of esters is 1. The molecule has 0 atom stereocenters. The van der Waals surface area contributed by atoms with E-state index in [-0.39, 0.29) is 57.4 Å². The van der Waals surface area contributed by atoms with Crippen molar-refractivity contribution in [2.45, 2.75) is 19.8 Å². The molecule has 1 heterocycles. The number of aromatic amines is 1. The average molecular weight is 243 g/mol. The average Bonchev–Trinajstić information content (AvgIpc) is 2.62. The Morgan fingerprint density at radius 3 is 2.88 bits per heavy atom. The molecule has 16 heavy (non-hydrogen) atoms. The van der Waals surface area contributed by atoms with Crippen LogP contribution < -0.4 is 4.74 Å². The summed E-state index contributed by atoms with van der Waals surface area (Å²) in [4.78, 5) is 14.4. The van der Waals surface area contributed by atoms with Crippen LogP contribution in [0.2, 0.25) is 0 Å². The Balaban J connectivity index is 0.00000128. The van der Waals surface area contributed by atoms with Crippen molar-refractivity contribution in [2.24, 2.45) is 0 Å². The van der Waals surface area contributed by atoms with E-state index >= 15 is 0 Å². The predicted octanol–water partition coefficient (Wildman–Crippen LogP) is 2.22. The van der Waals surface area contributed by atoms with Crippen LogP contribution in [0, 0.1) is 0 Å². The number of nitrogens with one attached hydrogen (secondary N) is 1. The second-order valence-electron chi connectivity index (χ2n) is 3.42. The van der Waals surface area contributed by atoms with E-state index in [9.17, 15) is 4.79 Å². The van der Waals surface area contributed by atoms with Gasteiger partial charge < -0.3 is 9.72 Å². The van der Waals surface area contributed by atoms with E-state index in [1.807, 2.05) is 31.2 Å². The molecule has 4 heteroatoms. The summed E-state index contributed by atoms with van der Waals surface area (Å²) >= 11 is 0. The SMILES string of the molecule is CCCC(=O)Oc1c[nH]c2ccccc12.[KH]. The number of ether oxygens (including phenoxy) is 1. The molecule has 0 aliphatic carbocycles. The molecule has 0 unspecified atom stereocenters. The first-order valence-electron chi connectivity index (χ1n) is 5.08. The van der Waals surface area contributed by atoms with Gasteiger partial charge in [-0.3, -0.25) is 4.79 Å². The van der Waals surface area contributed by atoms with Crippen LogP contribution in [-0.2, 0) is 4.79 Å². The summed E-state index contributed by atoms with van der Waals surface area (Å²) in [6.07, 6.45) is 2.99. The summed E-state index contributed by atoms with van der Waals surface area (Å²) in [5, 5.41) is 0.946. The van der Waals surface area contributed by atoms with Gasteiger partial charge in [0.15, 0.2) is 5.75 Å². The number of para-hydroxylation sites is 1. The fraction of sp³-hybridized carbons (Fsp3) is 0.250. The molecular formula is C12H14KNO2. The zero-order valence-electron chi connectivity index (χ0n) is 8.62. The Morgan fingerprint density at radius 1 is 1.38 bits per heavy atom. The number of benzene rings is 1. The summed E-state index contributed by atoms with van der Waals surface area (Å²) in [5.41, 5.74) is 0.983. The molecule has 3 nitrogen and oxygen atoms in total. The van der Waals surface area contributed by atoms with Crippen LogP contribution >= 0.6 is 0 Å². The van der Waals surface area contributed by atoms with Gasteiger partial charge in [-0.1, -0.05) is 19.1 Å². The van der Waals surface area contributed by atoms with E-state index in [2.05, 4.69) is 4.98 Å². The number of fused-ring (bicyclic) bond motifs is 1. The molecule has 0 fully saturated rings. The molecule has 0 amide bonds. The van der Waals surface area contributed by atoms with Crippen molar-refractivity contribution in [1.29, 1.82) is 0 Å². The van der Waals surface area contributed by atoms with Gasteiger partial charge in [0.05, 0.1) is 0 Å². The number of aromatic nitrogens is 1. The molecule has 0 radical (unpaired) electrons. The second-order valence-corrected chi connectivity index (χ2v) is 3.42. The topological polar surface area (TPSA) is 42.1 Å². The molecule has 0 saturated carbocycles. The van der Waals surface area contributed by atoms with E-state index < -0.39 is 0 Å². The van der Waals surface area contributed by atoms with Crippen LogP contribution in [0.25, 0.3) is 10.9 Å². The summed E-state index contributed by atoms with van der Waals surface area (Å²) in [7, 11) is 0. The van der Waals surface area contributed by atoms with Gasteiger partial charge in [0.25, 0.3) is 0 Å². The van der Waals surface area contributed by atoms with E-state index in [0.717, 1.165) is 17.3 Å². The Kier molecular flexibility index (Phi) is 5.72. The van der Waals surface area contributed by atoms with Gasteiger partial charge in [-0.2, -0.15) is 0 Å². The molecule has 0 spiro atoms. The number of H-pyrrole nitrogens is 1. The molecule has 2 aromatic rings. The van der Waals surface area contributed by atoms with E-state index in [1.54, 1.807) is 6.20 Å². The maximum atomic E-state index is 11.3. The van der Waals surface area contributed by atoms with Gasteiger partial charge in [0.2, 0.25) is 0 Å². The Morgan fingerprint density at radius 2 is 2.12 bits per heavy atom. The molecule has 0 aliphatic heterocycles. The monoisotopic (exact) mass is 243 g/mol. The fourth-order valence-corrected chi connectivity index (χ4v) is 1.51.